The molecule has 1 fully saturated rings. The van der Waals surface area contributed by atoms with E-state index in [0.29, 0.717) is 0 Å². The molecule has 1 heterocycles. The largest absolute Gasteiger partial charge is 0.435 e. The number of esters is 1. The predicted molar refractivity (Wildman–Crippen MR) is 48.6 cm³/mol. The minimum Gasteiger partial charge on any atom is -0.435 e. The third kappa shape index (κ3) is 3.05. The Labute approximate surface area is 78.2 Å². The van der Waals surface area contributed by atoms with Gasteiger partial charge in [0.05, 0.1) is 6.67 Å². The van der Waals surface area contributed by atoms with Crippen LogP contribution in [0, 0.1) is 11.8 Å². The maximum atomic E-state index is 10.7. The van der Waals surface area contributed by atoms with Crippen LogP contribution in [0.5, 0.6) is 0 Å². The van der Waals surface area contributed by atoms with E-state index < -0.39 is 6.23 Å². The van der Waals surface area contributed by atoms with Crippen LogP contribution < -0.4 is 5.32 Å². The Morgan fingerprint density at radius 2 is 2.46 bits per heavy atom. The molecule has 1 saturated heterocycles. The molecule has 0 aromatic carbocycles. The van der Waals surface area contributed by atoms with Crippen LogP contribution >= 0.6 is 0 Å². The van der Waals surface area contributed by atoms with Gasteiger partial charge in [0.25, 0.3) is 0 Å². The average Bonchev–Trinajstić information content (AvgIpc) is 2.54. The Balaban J connectivity index is 2.53. The van der Waals surface area contributed by atoms with Crippen LogP contribution in [0.15, 0.2) is 0 Å². The first kappa shape index (κ1) is 10.0. The minimum absolute atomic E-state index is 0.292. The van der Waals surface area contributed by atoms with Crippen molar-refractivity contribution in [2.24, 2.45) is 0 Å². The maximum Gasteiger partial charge on any atom is 0.304 e. The SMILES string of the molecule is CC#CC(OC(C)=O)N1CCNC1. The van der Waals surface area contributed by atoms with E-state index in [1.807, 2.05) is 4.90 Å². The fraction of sp³-hybridized carbons (Fsp3) is 0.667. The highest BCUT2D eigenvalue weighted by Crippen LogP contribution is 2.03. The molecule has 0 bridgehead atoms. The van der Waals surface area contributed by atoms with Gasteiger partial charge in [0.1, 0.15) is 0 Å². The van der Waals surface area contributed by atoms with Crippen molar-refractivity contribution in [1.29, 1.82) is 0 Å². The van der Waals surface area contributed by atoms with Crippen LogP contribution in [0.2, 0.25) is 0 Å². The molecule has 0 aromatic heterocycles. The van der Waals surface area contributed by atoms with Crippen LogP contribution in [0.4, 0.5) is 0 Å². The van der Waals surface area contributed by atoms with Gasteiger partial charge in [-0.25, -0.2) is 4.90 Å². The summed E-state index contributed by atoms with van der Waals surface area (Å²) in [5.41, 5.74) is 0. The van der Waals surface area contributed by atoms with Gasteiger partial charge in [0.15, 0.2) is 0 Å². The van der Waals surface area contributed by atoms with E-state index in [1.165, 1.54) is 6.92 Å². The van der Waals surface area contributed by atoms with Gasteiger partial charge in [-0.05, 0) is 12.8 Å². The van der Waals surface area contributed by atoms with Gasteiger partial charge < -0.3 is 10.1 Å². The second-order valence-corrected chi connectivity index (χ2v) is 2.83. The van der Waals surface area contributed by atoms with Crippen LogP contribution in [0.3, 0.4) is 0 Å². The first-order valence-electron chi connectivity index (χ1n) is 4.28. The Hall–Kier alpha value is -1.05. The molecule has 0 amide bonds. The molecule has 1 aliphatic rings. The lowest BCUT2D eigenvalue weighted by atomic mass is 10.4. The Kier molecular flexibility index (Phi) is 3.74. The second-order valence-electron chi connectivity index (χ2n) is 2.83. The molecule has 0 aromatic rings. The second kappa shape index (κ2) is 4.85. The summed E-state index contributed by atoms with van der Waals surface area (Å²) in [6.45, 7) is 5.65. The maximum absolute atomic E-state index is 10.7. The van der Waals surface area contributed by atoms with Crippen molar-refractivity contribution in [2.75, 3.05) is 19.8 Å². The lowest BCUT2D eigenvalue weighted by Crippen LogP contribution is -2.36. The van der Waals surface area contributed by atoms with Crippen LogP contribution in [-0.2, 0) is 9.53 Å². The molecule has 4 heteroatoms. The van der Waals surface area contributed by atoms with Crippen molar-refractivity contribution in [3.8, 4) is 11.8 Å². The van der Waals surface area contributed by atoms with Gasteiger partial charge in [-0.3, -0.25) is 4.79 Å². The molecule has 0 saturated carbocycles. The Morgan fingerprint density at radius 1 is 1.69 bits per heavy atom. The van der Waals surface area contributed by atoms with E-state index in [-0.39, 0.29) is 5.97 Å². The fourth-order valence-corrected chi connectivity index (χ4v) is 1.20. The van der Waals surface area contributed by atoms with Crippen molar-refractivity contribution in [2.45, 2.75) is 20.1 Å². The molecule has 0 spiro atoms. The summed E-state index contributed by atoms with van der Waals surface area (Å²) in [6.07, 6.45) is -0.391. The van der Waals surface area contributed by atoms with Gasteiger partial charge in [-0.2, -0.15) is 0 Å². The van der Waals surface area contributed by atoms with Gasteiger partial charge in [-0.1, -0.05) is 0 Å². The number of carbonyl (C=O) groups excluding carboxylic acids is 1. The molecule has 1 aliphatic heterocycles. The van der Waals surface area contributed by atoms with Gasteiger partial charge in [0, 0.05) is 20.0 Å². The normalized spacial score (nSPS) is 18.9. The molecular formula is C9H14N2O2. The van der Waals surface area contributed by atoms with Gasteiger partial charge in [0.2, 0.25) is 6.23 Å². The van der Waals surface area contributed by atoms with Crippen molar-refractivity contribution in [1.82, 2.24) is 10.2 Å². The van der Waals surface area contributed by atoms with Crippen LogP contribution in [-0.4, -0.2) is 36.9 Å². The van der Waals surface area contributed by atoms with Crippen molar-refractivity contribution >= 4 is 5.97 Å². The standard InChI is InChI=1S/C9H14N2O2/c1-3-4-9(13-8(2)12)11-6-5-10-7-11/h9-10H,5-7H2,1-2H3. The number of nitrogens with zero attached hydrogens (tertiary/aromatic N) is 1. The summed E-state index contributed by atoms with van der Waals surface area (Å²) in [4.78, 5) is 12.7. The zero-order valence-electron chi connectivity index (χ0n) is 7.96. The summed E-state index contributed by atoms with van der Waals surface area (Å²) in [5, 5.41) is 3.15. The average molecular weight is 182 g/mol. The number of hydrogen-bond acceptors (Lipinski definition) is 4. The van der Waals surface area contributed by atoms with E-state index >= 15 is 0 Å². The minimum atomic E-state index is -0.391. The molecule has 1 unspecified atom stereocenters. The van der Waals surface area contributed by atoms with Crippen molar-refractivity contribution < 1.29 is 9.53 Å². The monoisotopic (exact) mass is 182 g/mol. The number of rotatable bonds is 2. The summed E-state index contributed by atoms with van der Waals surface area (Å²) in [5.74, 6) is 5.31. The summed E-state index contributed by atoms with van der Waals surface area (Å²) < 4.78 is 5.05. The zero-order chi connectivity index (χ0) is 9.68. The van der Waals surface area contributed by atoms with E-state index in [0.717, 1.165) is 19.8 Å². The quantitative estimate of drug-likeness (QED) is 0.473. The first-order valence-corrected chi connectivity index (χ1v) is 4.28. The van der Waals surface area contributed by atoms with E-state index in [4.69, 9.17) is 4.74 Å². The molecule has 0 aliphatic carbocycles. The molecule has 0 radical (unpaired) electrons. The summed E-state index contributed by atoms with van der Waals surface area (Å²) in [7, 11) is 0. The molecule has 72 valence electrons. The van der Waals surface area contributed by atoms with Crippen LogP contribution in [0.1, 0.15) is 13.8 Å². The highest BCUT2D eigenvalue weighted by molar-refractivity contribution is 5.66. The Bertz CT molecular complexity index is 236. The number of carbonyl (C=O) groups is 1. The first-order chi connectivity index (χ1) is 6.24. The van der Waals surface area contributed by atoms with Crippen molar-refractivity contribution in [3.05, 3.63) is 0 Å². The molecule has 1 rings (SSSR count). The van der Waals surface area contributed by atoms with Gasteiger partial charge >= 0.3 is 5.97 Å². The highest BCUT2D eigenvalue weighted by Gasteiger charge is 2.21. The number of ether oxygens (including phenoxy) is 1. The number of nitrogens with one attached hydrogen (secondary N) is 1. The smallest absolute Gasteiger partial charge is 0.304 e. The van der Waals surface area contributed by atoms with E-state index in [2.05, 4.69) is 17.2 Å². The molecule has 4 nitrogen and oxygen atoms in total. The van der Waals surface area contributed by atoms with E-state index in [9.17, 15) is 4.79 Å². The molecular weight excluding hydrogens is 168 g/mol. The lowest BCUT2D eigenvalue weighted by molar-refractivity contribution is -0.150. The Morgan fingerprint density at radius 3 is 2.92 bits per heavy atom. The highest BCUT2D eigenvalue weighted by atomic mass is 16.6. The summed E-state index contributed by atoms with van der Waals surface area (Å²) >= 11 is 0. The summed E-state index contributed by atoms with van der Waals surface area (Å²) in [6, 6.07) is 0. The molecule has 13 heavy (non-hydrogen) atoms. The third-order valence-corrected chi connectivity index (χ3v) is 1.77. The molecule has 1 N–H and O–H groups in total. The van der Waals surface area contributed by atoms with E-state index in [1.54, 1.807) is 6.92 Å². The van der Waals surface area contributed by atoms with Crippen molar-refractivity contribution in [3.63, 3.8) is 0 Å². The van der Waals surface area contributed by atoms with Gasteiger partial charge in [-0.15, -0.1) is 5.92 Å². The predicted octanol–water partition coefficient (Wildman–Crippen LogP) is -0.238. The molecule has 1 atom stereocenters. The zero-order valence-corrected chi connectivity index (χ0v) is 7.96. The van der Waals surface area contributed by atoms with Crippen LogP contribution in [0.25, 0.3) is 0 Å². The fourth-order valence-electron chi connectivity index (χ4n) is 1.20. The topological polar surface area (TPSA) is 41.6 Å². The lowest BCUT2D eigenvalue weighted by Gasteiger charge is -2.20. The third-order valence-electron chi connectivity index (χ3n) is 1.77. The number of hydrogen-bond donors (Lipinski definition) is 1.